The number of imidazole rings is 1. The summed E-state index contributed by atoms with van der Waals surface area (Å²) in [5.41, 5.74) is 0.435. The number of rotatable bonds is 3. The molecule has 1 aromatic carbocycles. The smallest absolute Gasteiger partial charge is 0.270 e. The molecule has 0 fully saturated rings. The molecule has 2 N–H and O–H groups in total. The van der Waals surface area contributed by atoms with E-state index < -0.39 is 0 Å². The number of nitrogens with zero attached hydrogens (tertiary/aromatic N) is 2. The lowest BCUT2D eigenvalue weighted by Gasteiger charge is -2.05. The SMILES string of the molecule is O=C(NCc1ncc[nH]1)c1nccc2ccccc12. The Morgan fingerprint density at radius 2 is 2.05 bits per heavy atom. The van der Waals surface area contributed by atoms with E-state index in [1.165, 1.54) is 0 Å². The van der Waals surface area contributed by atoms with Gasteiger partial charge in [-0.25, -0.2) is 4.98 Å². The first-order valence-corrected chi connectivity index (χ1v) is 5.95. The van der Waals surface area contributed by atoms with Crippen LogP contribution in [0.25, 0.3) is 10.8 Å². The maximum atomic E-state index is 12.1. The molecule has 2 aromatic heterocycles. The van der Waals surface area contributed by atoms with E-state index in [1.807, 2.05) is 30.3 Å². The minimum Gasteiger partial charge on any atom is -0.347 e. The van der Waals surface area contributed by atoms with E-state index in [1.54, 1.807) is 18.6 Å². The Bertz CT molecular complexity index is 701. The number of pyridine rings is 1. The van der Waals surface area contributed by atoms with E-state index in [0.29, 0.717) is 18.1 Å². The average Bonchev–Trinajstić information content (AvgIpc) is 2.97. The van der Waals surface area contributed by atoms with Crippen molar-refractivity contribution in [3.8, 4) is 0 Å². The number of carbonyl (C=O) groups is 1. The lowest BCUT2D eigenvalue weighted by molar-refractivity contribution is 0.0947. The number of aromatic amines is 1. The molecule has 2 heterocycles. The van der Waals surface area contributed by atoms with Crippen LogP contribution in [0.2, 0.25) is 0 Å². The van der Waals surface area contributed by atoms with Crippen molar-refractivity contribution in [1.29, 1.82) is 0 Å². The second-order valence-corrected chi connectivity index (χ2v) is 4.10. The van der Waals surface area contributed by atoms with Gasteiger partial charge in [-0.2, -0.15) is 0 Å². The third-order valence-corrected chi connectivity index (χ3v) is 2.86. The summed E-state index contributed by atoms with van der Waals surface area (Å²) >= 11 is 0. The minimum atomic E-state index is -0.201. The van der Waals surface area contributed by atoms with Crippen molar-refractivity contribution in [2.75, 3.05) is 0 Å². The largest absolute Gasteiger partial charge is 0.347 e. The first-order chi connectivity index (χ1) is 9.34. The Kier molecular flexibility index (Phi) is 2.94. The topological polar surface area (TPSA) is 70.7 Å². The van der Waals surface area contributed by atoms with Gasteiger partial charge in [0.15, 0.2) is 0 Å². The van der Waals surface area contributed by atoms with Crippen molar-refractivity contribution >= 4 is 16.7 Å². The molecule has 0 bridgehead atoms. The Hall–Kier alpha value is -2.69. The normalized spacial score (nSPS) is 10.5. The van der Waals surface area contributed by atoms with Gasteiger partial charge in [-0.15, -0.1) is 0 Å². The molecule has 3 rings (SSSR count). The predicted octanol–water partition coefficient (Wildman–Crippen LogP) is 1.89. The first kappa shape index (κ1) is 11.4. The lowest BCUT2D eigenvalue weighted by atomic mass is 10.1. The second-order valence-electron chi connectivity index (χ2n) is 4.10. The van der Waals surface area contributed by atoms with Gasteiger partial charge in [0, 0.05) is 24.0 Å². The molecule has 19 heavy (non-hydrogen) atoms. The van der Waals surface area contributed by atoms with Gasteiger partial charge in [0.2, 0.25) is 0 Å². The van der Waals surface area contributed by atoms with E-state index in [0.717, 1.165) is 10.8 Å². The third kappa shape index (κ3) is 2.30. The number of fused-ring (bicyclic) bond motifs is 1. The summed E-state index contributed by atoms with van der Waals surface area (Å²) in [5.74, 6) is 0.516. The summed E-state index contributed by atoms with van der Waals surface area (Å²) in [5, 5.41) is 4.65. The number of nitrogens with one attached hydrogen (secondary N) is 2. The molecule has 0 saturated heterocycles. The molecule has 0 unspecified atom stereocenters. The van der Waals surface area contributed by atoms with Crippen molar-refractivity contribution in [2.45, 2.75) is 6.54 Å². The molecule has 5 heteroatoms. The van der Waals surface area contributed by atoms with Crippen molar-refractivity contribution in [3.63, 3.8) is 0 Å². The van der Waals surface area contributed by atoms with Gasteiger partial charge in [0.25, 0.3) is 5.91 Å². The number of benzene rings is 1. The monoisotopic (exact) mass is 252 g/mol. The molecular weight excluding hydrogens is 240 g/mol. The Morgan fingerprint density at radius 1 is 1.16 bits per heavy atom. The van der Waals surface area contributed by atoms with Crippen LogP contribution in [-0.2, 0) is 6.54 Å². The van der Waals surface area contributed by atoms with Crippen LogP contribution in [0.1, 0.15) is 16.3 Å². The first-order valence-electron chi connectivity index (χ1n) is 5.95. The molecule has 1 amide bonds. The fourth-order valence-electron chi connectivity index (χ4n) is 1.94. The molecule has 0 aliphatic rings. The molecule has 94 valence electrons. The molecule has 0 spiro atoms. The fourth-order valence-corrected chi connectivity index (χ4v) is 1.94. The maximum absolute atomic E-state index is 12.1. The highest BCUT2D eigenvalue weighted by atomic mass is 16.1. The molecule has 0 radical (unpaired) electrons. The van der Waals surface area contributed by atoms with Crippen molar-refractivity contribution in [1.82, 2.24) is 20.3 Å². The number of H-pyrrole nitrogens is 1. The van der Waals surface area contributed by atoms with E-state index in [2.05, 4.69) is 20.3 Å². The van der Waals surface area contributed by atoms with Crippen LogP contribution < -0.4 is 5.32 Å². The number of hydrogen-bond acceptors (Lipinski definition) is 3. The standard InChI is InChI=1S/C14H12N4O/c19-14(18-9-12-15-7-8-16-12)13-11-4-2-1-3-10(11)5-6-17-13/h1-8H,9H2,(H,15,16)(H,18,19). The van der Waals surface area contributed by atoms with Gasteiger partial charge in [-0.05, 0) is 11.5 Å². The third-order valence-electron chi connectivity index (χ3n) is 2.86. The molecule has 5 nitrogen and oxygen atoms in total. The van der Waals surface area contributed by atoms with Crippen LogP contribution in [0.5, 0.6) is 0 Å². The lowest BCUT2D eigenvalue weighted by Crippen LogP contribution is -2.24. The van der Waals surface area contributed by atoms with Crippen LogP contribution in [0.15, 0.2) is 48.9 Å². The quantitative estimate of drug-likeness (QED) is 0.747. The molecule has 0 saturated carbocycles. The van der Waals surface area contributed by atoms with Crippen LogP contribution in [0.3, 0.4) is 0 Å². The van der Waals surface area contributed by atoms with E-state index >= 15 is 0 Å². The Labute approximate surface area is 109 Å². The highest BCUT2D eigenvalue weighted by Gasteiger charge is 2.11. The van der Waals surface area contributed by atoms with Gasteiger partial charge in [0.05, 0.1) is 6.54 Å². The van der Waals surface area contributed by atoms with Crippen LogP contribution in [0, 0.1) is 0 Å². The summed E-state index contributed by atoms with van der Waals surface area (Å²) in [6.45, 7) is 0.358. The van der Waals surface area contributed by atoms with Crippen molar-refractivity contribution in [3.05, 3.63) is 60.4 Å². The van der Waals surface area contributed by atoms with Gasteiger partial charge < -0.3 is 10.3 Å². The number of carbonyl (C=O) groups excluding carboxylic acids is 1. The zero-order valence-corrected chi connectivity index (χ0v) is 10.1. The van der Waals surface area contributed by atoms with E-state index in [9.17, 15) is 4.79 Å². The summed E-state index contributed by atoms with van der Waals surface area (Å²) in [7, 11) is 0. The van der Waals surface area contributed by atoms with E-state index in [4.69, 9.17) is 0 Å². The molecule has 0 aliphatic carbocycles. The van der Waals surface area contributed by atoms with Gasteiger partial charge in [0.1, 0.15) is 11.5 Å². The van der Waals surface area contributed by atoms with Gasteiger partial charge in [-0.3, -0.25) is 9.78 Å². The zero-order valence-electron chi connectivity index (χ0n) is 10.1. The number of aromatic nitrogens is 3. The van der Waals surface area contributed by atoms with E-state index in [-0.39, 0.29) is 5.91 Å². The van der Waals surface area contributed by atoms with Crippen LogP contribution in [-0.4, -0.2) is 20.9 Å². The average molecular weight is 252 g/mol. The highest BCUT2D eigenvalue weighted by molar-refractivity contribution is 6.05. The molecule has 3 aromatic rings. The van der Waals surface area contributed by atoms with Gasteiger partial charge >= 0.3 is 0 Å². The molecule has 0 aliphatic heterocycles. The number of hydrogen-bond donors (Lipinski definition) is 2. The van der Waals surface area contributed by atoms with Crippen molar-refractivity contribution < 1.29 is 4.79 Å². The second kappa shape index (κ2) is 4.89. The van der Waals surface area contributed by atoms with Gasteiger partial charge in [-0.1, -0.05) is 24.3 Å². The number of amides is 1. The summed E-state index contributed by atoms with van der Waals surface area (Å²) in [6.07, 6.45) is 5.01. The summed E-state index contributed by atoms with van der Waals surface area (Å²) in [4.78, 5) is 23.3. The van der Waals surface area contributed by atoms with Crippen LogP contribution >= 0.6 is 0 Å². The van der Waals surface area contributed by atoms with Crippen LogP contribution in [0.4, 0.5) is 0 Å². The zero-order chi connectivity index (χ0) is 13.1. The fraction of sp³-hybridized carbons (Fsp3) is 0.0714. The predicted molar refractivity (Wildman–Crippen MR) is 71.5 cm³/mol. The van der Waals surface area contributed by atoms with Crippen molar-refractivity contribution in [2.24, 2.45) is 0 Å². The molecular formula is C14H12N4O. The summed E-state index contributed by atoms with van der Waals surface area (Å²) in [6, 6.07) is 9.57. The summed E-state index contributed by atoms with van der Waals surface area (Å²) < 4.78 is 0. The Balaban J connectivity index is 1.85. The highest BCUT2D eigenvalue weighted by Crippen LogP contribution is 2.16. The Morgan fingerprint density at radius 3 is 2.89 bits per heavy atom. The maximum Gasteiger partial charge on any atom is 0.270 e. The minimum absolute atomic E-state index is 0.201. The molecule has 0 atom stereocenters.